The lowest BCUT2D eigenvalue weighted by Crippen LogP contribution is -2.43. The molecule has 0 bridgehead atoms. The van der Waals surface area contributed by atoms with Crippen LogP contribution in [0.4, 0.5) is 5.95 Å². The van der Waals surface area contributed by atoms with Crippen LogP contribution in [0, 0.1) is 5.92 Å². The Hall–Kier alpha value is -1.40. The monoisotopic (exact) mass is 306 g/mol. The molecule has 3 rings (SSSR count). The fourth-order valence-corrected chi connectivity index (χ4v) is 3.58. The van der Waals surface area contributed by atoms with E-state index in [1.54, 1.807) is 0 Å². The molecule has 1 saturated heterocycles. The molecule has 1 fully saturated rings. The number of fused-ring (bicyclic) bond motifs is 1. The fraction of sp³-hybridized carbons (Fsp3) is 0.600. The van der Waals surface area contributed by atoms with Gasteiger partial charge in [-0.1, -0.05) is 13.8 Å². The van der Waals surface area contributed by atoms with Crippen LogP contribution >= 0.6 is 11.3 Å². The highest BCUT2D eigenvalue weighted by Gasteiger charge is 2.22. The lowest BCUT2D eigenvalue weighted by atomic mass is 10.1. The Morgan fingerprint density at radius 1 is 1.43 bits per heavy atom. The van der Waals surface area contributed by atoms with Crippen molar-refractivity contribution in [2.24, 2.45) is 11.7 Å². The van der Waals surface area contributed by atoms with Gasteiger partial charge in [-0.3, -0.25) is 9.36 Å². The maximum atomic E-state index is 12.7. The van der Waals surface area contributed by atoms with Crippen molar-refractivity contribution in [2.45, 2.75) is 39.3 Å². The van der Waals surface area contributed by atoms with E-state index in [1.165, 1.54) is 11.3 Å². The first-order chi connectivity index (χ1) is 10.1. The molecular weight excluding hydrogens is 284 g/mol. The van der Waals surface area contributed by atoms with Gasteiger partial charge in [0.2, 0.25) is 5.95 Å². The Labute approximate surface area is 128 Å². The molecule has 6 heteroatoms. The third-order valence-corrected chi connectivity index (χ3v) is 4.81. The van der Waals surface area contributed by atoms with Crippen molar-refractivity contribution in [3.05, 3.63) is 21.8 Å². The van der Waals surface area contributed by atoms with E-state index in [0.29, 0.717) is 12.5 Å². The van der Waals surface area contributed by atoms with Gasteiger partial charge < -0.3 is 10.6 Å². The van der Waals surface area contributed by atoms with E-state index in [-0.39, 0.29) is 11.6 Å². The molecule has 5 nitrogen and oxygen atoms in total. The first kappa shape index (κ1) is 14.5. The molecule has 0 unspecified atom stereocenters. The smallest absolute Gasteiger partial charge is 0.272 e. The molecule has 0 saturated carbocycles. The highest BCUT2D eigenvalue weighted by atomic mass is 32.1. The van der Waals surface area contributed by atoms with Gasteiger partial charge in [0.25, 0.3) is 5.56 Å². The number of nitrogens with two attached hydrogens (primary N) is 1. The van der Waals surface area contributed by atoms with Crippen molar-refractivity contribution < 1.29 is 0 Å². The number of hydrogen-bond donors (Lipinski definition) is 1. The Kier molecular flexibility index (Phi) is 3.99. The summed E-state index contributed by atoms with van der Waals surface area (Å²) in [6.07, 6.45) is 1.92. The molecule has 0 atom stereocenters. The van der Waals surface area contributed by atoms with E-state index >= 15 is 0 Å². The summed E-state index contributed by atoms with van der Waals surface area (Å²) in [5, 5.41) is 1.94. The fourth-order valence-electron chi connectivity index (χ4n) is 2.80. The van der Waals surface area contributed by atoms with E-state index in [1.807, 2.05) is 16.0 Å². The van der Waals surface area contributed by atoms with Crippen molar-refractivity contribution in [2.75, 3.05) is 18.0 Å². The topological polar surface area (TPSA) is 64.2 Å². The molecule has 114 valence electrons. The highest BCUT2D eigenvalue weighted by molar-refractivity contribution is 7.17. The predicted molar refractivity (Wildman–Crippen MR) is 88.1 cm³/mol. The van der Waals surface area contributed by atoms with Gasteiger partial charge in [0.05, 0.1) is 5.52 Å². The minimum atomic E-state index is 0.0913. The molecule has 2 N–H and O–H groups in total. The Balaban J connectivity index is 2.08. The van der Waals surface area contributed by atoms with E-state index in [0.717, 1.165) is 42.1 Å². The van der Waals surface area contributed by atoms with E-state index in [9.17, 15) is 4.79 Å². The second kappa shape index (κ2) is 5.77. The summed E-state index contributed by atoms with van der Waals surface area (Å²) >= 11 is 1.48. The molecule has 1 aliphatic heterocycles. The summed E-state index contributed by atoms with van der Waals surface area (Å²) in [5.41, 5.74) is 6.89. The average Bonchev–Trinajstić information content (AvgIpc) is 2.91. The second-order valence-electron chi connectivity index (χ2n) is 6.18. The van der Waals surface area contributed by atoms with Crippen LogP contribution in [0.25, 0.3) is 10.2 Å². The Morgan fingerprint density at radius 2 is 2.14 bits per heavy atom. The van der Waals surface area contributed by atoms with Crippen LogP contribution in [-0.4, -0.2) is 28.7 Å². The van der Waals surface area contributed by atoms with Crippen molar-refractivity contribution in [1.82, 2.24) is 9.55 Å². The second-order valence-corrected chi connectivity index (χ2v) is 7.10. The lowest BCUT2D eigenvalue weighted by molar-refractivity contribution is 0.466. The van der Waals surface area contributed by atoms with Crippen LogP contribution < -0.4 is 16.2 Å². The number of rotatable bonds is 3. The standard InChI is InChI=1S/C15H22N4OS/c1-10(2)9-19-14(20)13-12(5-8-21-13)17-15(19)18-6-3-11(16)4-7-18/h5,8,10-11H,3-4,6-7,9,16H2,1-2H3. The minimum absolute atomic E-state index is 0.0913. The summed E-state index contributed by atoms with van der Waals surface area (Å²) in [4.78, 5) is 19.7. The first-order valence-electron chi connectivity index (χ1n) is 7.55. The highest BCUT2D eigenvalue weighted by Crippen LogP contribution is 2.22. The normalized spacial score (nSPS) is 17.0. The third-order valence-electron chi connectivity index (χ3n) is 3.92. The van der Waals surface area contributed by atoms with Crippen molar-refractivity contribution in [1.29, 1.82) is 0 Å². The summed E-state index contributed by atoms with van der Waals surface area (Å²) in [7, 11) is 0. The first-order valence-corrected chi connectivity index (χ1v) is 8.43. The van der Waals surface area contributed by atoms with E-state index in [2.05, 4.69) is 18.7 Å². The zero-order chi connectivity index (χ0) is 15.0. The molecule has 0 amide bonds. The van der Waals surface area contributed by atoms with E-state index in [4.69, 9.17) is 10.7 Å². The van der Waals surface area contributed by atoms with Gasteiger partial charge in [-0.25, -0.2) is 4.98 Å². The maximum Gasteiger partial charge on any atom is 0.272 e. The summed E-state index contributed by atoms with van der Waals surface area (Å²) in [5.74, 6) is 1.22. The van der Waals surface area contributed by atoms with Gasteiger partial charge in [0.1, 0.15) is 4.70 Å². The number of piperidine rings is 1. The van der Waals surface area contributed by atoms with Crippen LogP contribution in [-0.2, 0) is 6.54 Å². The molecule has 0 aliphatic carbocycles. The summed E-state index contributed by atoms with van der Waals surface area (Å²) in [6.45, 7) is 6.71. The molecule has 0 spiro atoms. The largest absolute Gasteiger partial charge is 0.342 e. The molecule has 2 aromatic rings. The van der Waals surface area contributed by atoms with Crippen molar-refractivity contribution >= 4 is 27.5 Å². The zero-order valence-corrected chi connectivity index (χ0v) is 13.4. The average molecular weight is 306 g/mol. The Morgan fingerprint density at radius 3 is 2.81 bits per heavy atom. The predicted octanol–water partition coefficient (Wildman–Crippen LogP) is 2.04. The van der Waals surface area contributed by atoms with Gasteiger partial charge in [-0.2, -0.15) is 0 Å². The van der Waals surface area contributed by atoms with Gasteiger partial charge in [0, 0.05) is 25.7 Å². The van der Waals surface area contributed by atoms with Gasteiger partial charge in [-0.05, 0) is 30.2 Å². The Bertz CT molecular complexity index is 683. The minimum Gasteiger partial charge on any atom is -0.342 e. The van der Waals surface area contributed by atoms with Gasteiger partial charge in [0.15, 0.2) is 0 Å². The molecular formula is C15H22N4OS. The van der Waals surface area contributed by atoms with Crippen LogP contribution in [0.1, 0.15) is 26.7 Å². The van der Waals surface area contributed by atoms with Crippen LogP contribution in [0.2, 0.25) is 0 Å². The molecule has 21 heavy (non-hydrogen) atoms. The number of anilines is 1. The third kappa shape index (κ3) is 2.82. The maximum absolute atomic E-state index is 12.7. The summed E-state index contributed by atoms with van der Waals surface area (Å²) < 4.78 is 2.61. The van der Waals surface area contributed by atoms with Gasteiger partial charge in [-0.15, -0.1) is 11.3 Å². The molecule has 2 aromatic heterocycles. The van der Waals surface area contributed by atoms with Gasteiger partial charge >= 0.3 is 0 Å². The van der Waals surface area contributed by atoms with Crippen molar-refractivity contribution in [3.63, 3.8) is 0 Å². The number of hydrogen-bond acceptors (Lipinski definition) is 5. The molecule has 0 aromatic carbocycles. The number of thiophene rings is 1. The van der Waals surface area contributed by atoms with Crippen LogP contribution in [0.3, 0.4) is 0 Å². The molecule has 0 radical (unpaired) electrons. The van der Waals surface area contributed by atoms with E-state index < -0.39 is 0 Å². The molecule has 1 aliphatic rings. The van der Waals surface area contributed by atoms with Crippen LogP contribution in [0.15, 0.2) is 16.2 Å². The summed E-state index contributed by atoms with van der Waals surface area (Å²) in [6, 6.07) is 2.21. The molecule has 3 heterocycles. The van der Waals surface area contributed by atoms with Crippen molar-refractivity contribution in [3.8, 4) is 0 Å². The number of aromatic nitrogens is 2. The van der Waals surface area contributed by atoms with Crippen LogP contribution in [0.5, 0.6) is 0 Å². The quantitative estimate of drug-likeness (QED) is 0.942. The lowest BCUT2D eigenvalue weighted by Gasteiger charge is -2.32. The zero-order valence-electron chi connectivity index (χ0n) is 12.6. The number of nitrogens with zero attached hydrogens (tertiary/aromatic N) is 3. The SMILES string of the molecule is CC(C)Cn1c(N2CCC(N)CC2)nc2ccsc2c1=O.